The minimum atomic E-state index is -0.361. The predicted octanol–water partition coefficient (Wildman–Crippen LogP) is 1.59. The molecule has 144 valence electrons. The monoisotopic (exact) mass is 374 g/mol. The first kappa shape index (κ1) is 17.6. The van der Waals surface area contributed by atoms with Crippen LogP contribution in [0.1, 0.15) is 36.3 Å². The van der Waals surface area contributed by atoms with Crippen LogP contribution < -0.4 is 19.5 Å². The lowest BCUT2D eigenvalue weighted by molar-refractivity contribution is 0.0897. The van der Waals surface area contributed by atoms with Gasteiger partial charge in [0, 0.05) is 18.7 Å². The van der Waals surface area contributed by atoms with Gasteiger partial charge in [-0.05, 0) is 38.1 Å². The van der Waals surface area contributed by atoms with Crippen LogP contribution in [0.25, 0.3) is 0 Å². The smallest absolute Gasteiger partial charge is 0.316 e. The largest absolute Gasteiger partial charge is 0.485 e. The Morgan fingerprint density at radius 3 is 3.15 bits per heavy atom. The molecule has 27 heavy (non-hydrogen) atoms. The highest BCUT2D eigenvalue weighted by molar-refractivity contribution is 5.89. The zero-order valence-corrected chi connectivity index (χ0v) is 15.1. The maximum Gasteiger partial charge on any atom is 0.316 e. The molecule has 1 aromatic carbocycles. The second-order valence-corrected chi connectivity index (χ2v) is 6.45. The molecule has 2 aliphatic heterocycles. The van der Waals surface area contributed by atoms with Gasteiger partial charge < -0.3 is 24.1 Å². The van der Waals surface area contributed by atoms with Crippen molar-refractivity contribution >= 4 is 5.91 Å². The van der Waals surface area contributed by atoms with Crippen LogP contribution in [0.5, 0.6) is 17.2 Å². The number of likely N-dealkylation sites (N-methyl/N-ethyl adjacent to an activating group) is 1. The number of benzene rings is 1. The fourth-order valence-electron chi connectivity index (χ4n) is 3.35. The number of carbonyl (C=O) groups excluding carboxylic acids is 1. The molecule has 1 atom stereocenters. The van der Waals surface area contributed by atoms with Crippen molar-refractivity contribution in [3.8, 4) is 17.2 Å². The fraction of sp³-hybridized carbons (Fsp3) is 0.500. The van der Waals surface area contributed by atoms with Gasteiger partial charge in [0.05, 0.1) is 0 Å². The molecule has 0 unspecified atom stereocenters. The summed E-state index contributed by atoms with van der Waals surface area (Å²) in [7, 11) is 0. The third kappa shape index (κ3) is 3.97. The van der Waals surface area contributed by atoms with Gasteiger partial charge in [-0.1, -0.05) is 12.1 Å². The number of fused-ring (bicyclic) bond motifs is 1. The van der Waals surface area contributed by atoms with Gasteiger partial charge >= 0.3 is 11.8 Å². The van der Waals surface area contributed by atoms with Crippen molar-refractivity contribution in [2.75, 3.05) is 26.4 Å². The molecule has 2 aromatic rings. The van der Waals surface area contributed by atoms with Crippen LogP contribution >= 0.6 is 0 Å². The maximum atomic E-state index is 12.2. The second kappa shape index (κ2) is 7.83. The molecule has 1 saturated heterocycles. The number of rotatable bonds is 7. The number of nitrogens with one attached hydrogen (secondary N) is 1. The van der Waals surface area contributed by atoms with Gasteiger partial charge in [0.25, 0.3) is 0 Å². The molecule has 1 aromatic heterocycles. The third-order valence-corrected chi connectivity index (χ3v) is 4.78. The molecule has 0 radical (unpaired) electrons. The van der Waals surface area contributed by atoms with E-state index in [4.69, 9.17) is 18.7 Å². The highest BCUT2D eigenvalue weighted by Gasteiger charge is 2.24. The lowest BCUT2D eigenvalue weighted by Gasteiger charge is -2.22. The first-order valence-corrected chi connectivity index (χ1v) is 9.10. The lowest BCUT2D eigenvalue weighted by atomic mass is 10.2. The van der Waals surface area contributed by atoms with E-state index in [1.165, 1.54) is 0 Å². The Balaban J connectivity index is 1.28. The van der Waals surface area contributed by atoms with E-state index in [0.717, 1.165) is 25.9 Å². The van der Waals surface area contributed by atoms with Crippen molar-refractivity contribution in [1.29, 1.82) is 0 Å². The topological polar surface area (TPSA) is 99.0 Å². The number of amides is 1. The molecule has 0 spiro atoms. The third-order valence-electron chi connectivity index (χ3n) is 4.78. The van der Waals surface area contributed by atoms with Crippen molar-refractivity contribution in [1.82, 2.24) is 20.4 Å². The molecule has 0 aliphatic carbocycles. The van der Waals surface area contributed by atoms with E-state index in [1.54, 1.807) is 18.2 Å². The predicted molar refractivity (Wildman–Crippen MR) is 93.8 cm³/mol. The normalized spacial score (nSPS) is 18.6. The van der Waals surface area contributed by atoms with Crippen LogP contribution in [0.15, 0.2) is 22.7 Å². The van der Waals surface area contributed by atoms with Gasteiger partial charge in [-0.3, -0.25) is 9.69 Å². The molecule has 0 bridgehead atoms. The van der Waals surface area contributed by atoms with Crippen LogP contribution in [0.2, 0.25) is 0 Å². The van der Waals surface area contributed by atoms with Crippen molar-refractivity contribution in [2.24, 2.45) is 0 Å². The van der Waals surface area contributed by atoms with Crippen LogP contribution in [0.4, 0.5) is 0 Å². The highest BCUT2D eigenvalue weighted by Crippen LogP contribution is 2.35. The van der Waals surface area contributed by atoms with Gasteiger partial charge in [-0.25, -0.2) is 0 Å². The Bertz CT molecular complexity index is 809. The Morgan fingerprint density at radius 2 is 2.26 bits per heavy atom. The lowest BCUT2D eigenvalue weighted by Crippen LogP contribution is -2.40. The van der Waals surface area contributed by atoms with Gasteiger partial charge in [0.2, 0.25) is 12.6 Å². The van der Waals surface area contributed by atoms with Crippen molar-refractivity contribution in [2.45, 2.75) is 32.4 Å². The minimum Gasteiger partial charge on any atom is -0.485 e. The Hall–Kier alpha value is -2.81. The SMILES string of the molecule is CCN1CCC[C@@H]1CNC(=O)c1nc(COc2ccc3c(c2)OCO3)no1. The Labute approximate surface area is 156 Å². The summed E-state index contributed by atoms with van der Waals surface area (Å²) in [6.45, 7) is 5.08. The van der Waals surface area contributed by atoms with Crippen LogP contribution in [-0.2, 0) is 6.61 Å². The summed E-state index contributed by atoms with van der Waals surface area (Å²) >= 11 is 0. The molecular weight excluding hydrogens is 352 g/mol. The summed E-state index contributed by atoms with van der Waals surface area (Å²) in [6.07, 6.45) is 2.25. The maximum absolute atomic E-state index is 12.2. The van der Waals surface area contributed by atoms with Crippen LogP contribution in [0, 0.1) is 0 Å². The molecule has 1 amide bonds. The van der Waals surface area contributed by atoms with Gasteiger partial charge in [-0.2, -0.15) is 4.98 Å². The zero-order valence-electron chi connectivity index (χ0n) is 15.1. The molecule has 2 aliphatic rings. The number of hydrogen-bond acceptors (Lipinski definition) is 8. The first-order chi connectivity index (χ1) is 13.2. The molecular formula is C18H22N4O5. The summed E-state index contributed by atoms with van der Waals surface area (Å²) in [5.41, 5.74) is 0. The molecule has 9 heteroatoms. The number of likely N-dealkylation sites (tertiary alicyclic amines) is 1. The summed E-state index contributed by atoms with van der Waals surface area (Å²) in [6, 6.07) is 5.64. The van der Waals surface area contributed by atoms with Crippen molar-refractivity contribution < 1.29 is 23.5 Å². The molecule has 3 heterocycles. The molecule has 0 saturated carbocycles. The average Bonchev–Trinajstić information content (AvgIpc) is 3.44. The fourth-order valence-corrected chi connectivity index (χ4v) is 3.35. The van der Waals surface area contributed by atoms with Crippen molar-refractivity contribution in [3.05, 3.63) is 29.9 Å². The second-order valence-electron chi connectivity index (χ2n) is 6.45. The van der Waals surface area contributed by atoms with Gasteiger partial charge in [0.1, 0.15) is 5.75 Å². The Morgan fingerprint density at radius 1 is 1.37 bits per heavy atom. The Kier molecular flexibility index (Phi) is 5.10. The zero-order chi connectivity index (χ0) is 18.6. The summed E-state index contributed by atoms with van der Waals surface area (Å²) in [4.78, 5) is 18.7. The van der Waals surface area contributed by atoms with E-state index in [-0.39, 0.29) is 25.2 Å². The standard InChI is InChI=1S/C18H22N4O5/c1-2-22-7-3-4-12(22)9-19-17(23)18-20-16(21-27-18)10-24-13-5-6-14-15(8-13)26-11-25-14/h5-6,8,12H,2-4,7,9-11H2,1H3,(H,19,23)/t12-/m1/s1. The van der Waals surface area contributed by atoms with Gasteiger partial charge in [0.15, 0.2) is 18.1 Å². The minimum absolute atomic E-state index is 0.0552. The van der Waals surface area contributed by atoms with E-state index in [9.17, 15) is 4.79 Å². The van der Waals surface area contributed by atoms with Crippen molar-refractivity contribution in [3.63, 3.8) is 0 Å². The number of carbonyl (C=O) groups is 1. The number of nitrogens with zero attached hydrogens (tertiary/aromatic N) is 3. The van der Waals surface area contributed by atoms with E-state index in [1.807, 2.05) is 0 Å². The van der Waals surface area contributed by atoms with Gasteiger partial charge in [-0.15, -0.1) is 0 Å². The van der Waals surface area contributed by atoms with E-state index in [0.29, 0.717) is 35.7 Å². The first-order valence-electron chi connectivity index (χ1n) is 9.10. The molecule has 9 nitrogen and oxygen atoms in total. The molecule has 1 N–H and O–H groups in total. The van der Waals surface area contributed by atoms with E-state index < -0.39 is 0 Å². The number of hydrogen-bond donors (Lipinski definition) is 1. The van der Waals surface area contributed by atoms with E-state index >= 15 is 0 Å². The average molecular weight is 374 g/mol. The highest BCUT2D eigenvalue weighted by atomic mass is 16.7. The van der Waals surface area contributed by atoms with Crippen LogP contribution in [-0.4, -0.2) is 53.4 Å². The quantitative estimate of drug-likeness (QED) is 0.780. The summed E-state index contributed by atoms with van der Waals surface area (Å²) in [5.74, 6) is 1.79. The number of aromatic nitrogens is 2. The molecule has 1 fully saturated rings. The molecule has 4 rings (SSSR count). The summed E-state index contributed by atoms with van der Waals surface area (Å²) in [5, 5.41) is 6.67. The van der Waals surface area contributed by atoms with E-state index in [2.05, 4.69) is 27.3 Å². The number of ether oxygens (including phenoxy) is 3. The summed E-state index contributed by atoms with van der Waals surface area (Å²) < 4.78 is 21.2. The van der Waals surface area contributed by atoms with Crippen LogP contribution in [0.3, 0.4) is 0 Å².